The van der Waals surface area contributed by atoms with Crippen LogP contribution in [0.1, 0.15) is 49.1 Å². The molecule has 33 heavy (non-hydrogen) atoms. The number of likely N-dealkylation sites (tertiary alicyclic amines) is 1. The molecule has 1 saturated heterocycles. The Balaban J connectivity index is 1.21. The van der Waals surface area contributed by atoms with E-state index in [0.29, 0.717) is 25.9 Å². The Morgan fingerprint density at radius 2 is 1.67 bits per heavy atom. The minimum Gasteiger partial charge on any atom is -0.481 e. The summed E-state index contributed by atoms with van der Waals surface area (Å²) in [6.45, 7) is 1.23. The lowest BCUT2D eigenvalue weighted by molar-refractivity contribution is -0.141. The Morgan fingerprint density at radius 3 is 2.27 bits per heavy atom. The molecular formula is C26H28N2O5. The standard InChI is InChI=1S/C26H28N2O5/c29-23(30)14-17-6-5-13-28(15-17)24(31)26(11-12-26)27-25(32)33-16-22-20-9-3-1-7-18(20)19-8-2-4-10-21(19)22/h1-4,7-10,17,22H,5-6,11-16H2,(H,27,32)(H,29,30). The van der Waals surface area contributed by atoms with Crippen molar-refractivity contribution in [2.24, 2.45) is 5.92 Å². The van der Waals surface area contributed by atoms with Crippen molar-refractivity contribution in [2.45, 2.75) is 43.6 Å². The molecule has 1 unspecified atom stereocenters. The van der Waals surface area contributed by atoms with Gasteiger partial charge in [0.05, 0.1) is 0 Å². The van der Waals surface area contributed by atoms with Crippen molar-refractivity contribution in [2.75, 3.05) is 19.7 Å². The van der Waals surface area contributed by atoms with Crippen LogP contribution in [0.2, 0.25) is 0 Å². The summed E-state index contributed by atoms with van der Waals surface area (Å²) in [5.74, 6) is -1.03. The number of hydrogen-bond donors (Lipinski definition) is 2. The predicted molar refractivity (Wildman–Crippen MR) is 122 cm³/mol. The molecule has 1 heterocycles. The quantitative estimate of drug-likeness (QED) is 0.701. The Morgan fingerprint density at radius 1 is 1.03 bits per heavy atom. The van der Waals surface area contributed by atoms with E-state index in [1.54, 1.807) is 4.90 Å². The second-order valence-electron chi connectivity index (χ2n) is 9.39. The first-order valence-electron chi connectivity index (χ1n) is 11.6. The molecule has 3 aliphatic rings. The zero-order chi connectivity index (χ0) is 23.0. The fourth-order valence-corrected chi connectivity index (χ4v) is 5.31. The van der Waals surface area contributed by atoms with Gasteiger partial charge in [0.2, 0.25) is 5.91 Å². The van der Waals surface area contributed by atoms with E-state index in [1.807, 2.05) is 24.3 Å². The Bertz CT molecular complexity index is 1050. The molecular weight excluding hydrogens is 420 g/mol. The second-order valence-corrected chi connectivity index (χ2v) is 9.39. The third kappa shape index (κ3) is 4.19. The molecule has 1 atom stereocenters. The number of amides is 2. The number of carbonyl (C=O) groups is 3. The van der Waals surface area contributed by atoms with Gasteiger partial charge in [-0.05, 0) is 53.9 Å². The van der Waals surface area contributed by atoms with Crippen molar-refractivity contribution >= 4 is 18.0 Å². The van der Waals surface area contributed by atoms with Crippen LogP contribution < -0.4 is 5.32 Å². The average Bonchev–Trinajstić information content (AvgIpc) is 3.52. The Labute approximate surface area is 192 Å². The number of piperidine rings is 1. The topological polar surface area (TPSA) is 95.9 Å². The van der Waals surface area contributed by atoms with Crippen LogP contribution in [0.5, 0.6) is 0 Å². The summed E-state index contributed by atoms with van der Waals surface area (Å²) in [5, 5.41) is 11.9. The van der Waals surface area contributed by atoms with E-state index in [2.05, 4.69) is 29.6 Å². The molecule has 5 rings (SSSR count). The number of nitrogens with one attached hydrogen (secondary N) is 1. The summed E-state index contributed by atoms with van der Waals surface area (Å²) in [5.41, 5.74) is 3.70. The second kappa shape index (κ2) is 8.54. The molecule has 7 heteroatoms. The number of hydrogen-bond acceptors (Lipinski definition) is 4. The molecule has 0 aromatic heterocycles. The van der Waals surface area contributed by atoms with Crippen molar-refractivity contribution in [3.05, 3.63) is 59.7 Å². The number of aliphatic carboxylic acids is 1. The fraction of sp³-hybridized carbons (Fsp3) is 0.423. The SMILES string of the molecule is O=C(O)CC1CCCN(C(=O)C2(NC(=O)OCC3c4ccccc4-c4ccccc43)CC2)C1. The van der Waals surface area contributed by atoms with Gasteiger partial charge in [-0.25, -0.2) is 4.79 Å². The van der Waals surface area contributed by atoms with E-state index >= 15 is 0 Å². The normalized spacial score (nSPS) is 20.5. The first kappa shape index (κ1) is 21.5. The van der Waals surface area contributed by atoms with Gasteiger partial charge in [0.15, 0.2) is 0 Å². The van der Waals surface area contributed by atoms with E-state index in [-0.39, 0.29) is 30.8 Å². The van der Waals surface area contributed by atoms with Gasteiger partial charge in [0, 0.05) is 25.4 Å². The molecule has 1 saturated carbocycles. The third-order valence-corrected chi connectivity index (χ3v) is 7.11. The number of ether oxygens (including phenoxy) is 1. The molecule has 1 aliphatic heterocycles. The highest BCUT2D eigenvalue weighted by molar-refractivity contribution is 5.93. The Hall–Kier alpha value is -3.35. The smallest absolute Gasteiger partial charge is 0.408 e. The van der Waals surface area contributed by atoms with E-state index in [9.17, 15) is 14.4 Å². The molecule has 2 fully saturated rings. The lowest BCUT2D eigenvalue weighted by Crippen LogP contribution is -2.53. The minimum absolute atomic E-state index is 0.0344. The van der Waals surface area contributed by atoms with Gasteiger partial charge in [-0.1, -0.05) is 48.5 Å². The van der Waals surface area contributed by atoms with Crippen LogP contribution >= 0.6 is 0 Å². The zero-order valence-electron chi connectivity index (χ0n) is 18.5. The number of nitrogens with zero attached hydrogens (tertiary/aromatic N) is 1. The van der Waals surface area contributed by atoms with Crippen LogP contribution in [-0.4, -0.2) is 53.2 Å². The van der Waals surface area contributed by atoms with Crippen molar-refractivity contribution < 1.29 is 24.2 Å². The number of rotatable bonds is 6. The summed E-state index contributed by atoms with van der Waals surface area (Å²) < 4.78 is 5.63. The number of carbonyl (C=O) groups excluding carboxylic acids is 2. The number of carboxylic acids is 1. The molecule has 172 valence electrons. The van der Waals surface area contributed by atoms with Crippen molar-refractivity contribution in [3.63, 3.8) is 0 Å². The monoisotopic (exact) mass is 448 g/mol. The summed E-state index contributed by atoms with van der Waals surface area (Å²) in [6, 6.07) is 16.3. The lowest BCUT2D eigenvalue weighted by atomic mass is 9.94. The lowest BCUT2D eigenvalue weighted by Gasteiger charge is -2.34. The highest BCUT2D eigenvalue weighted by atomic mass is 16.5. The first-order chi connectivity index (χ1) is 16.0. The molecule has 2 aromatic rings. The number of carboxylic acid groups (broad SMARTS) is 1. The van der Waals surface area contributed by atoms with Gasteiger partial charge >= 0.3 is 12.1 Å². The summed E-state index contributed by atoms with van der Waals surface area (Å²) >= 11 is 0. The van der Waals surface area contributed by atoms with Crippen LogP contribution in [0.4, 0.5) is 4.79 Å². The van der Waals surface area contributed by atoms with Gasteiger partial charge in [-0.3, -0.25) is 9.59 Å². The highest BCUT2D eigenvalue weighted by Gasteiger charge is 2.54. The maximum atomic E-state index is 13.1. The molecule has 7 nitrogen and oxygen atoms in total. The molecule has 0 bridgehead atoms. The molecule has 2 N–H and O–H groups in total. The summed E-state index contributed by atoms with van der Waals surface area (Å²) in [7, 11) is 0. The first-order valence-corrected chi connectivity index (χ1v) is 11.6. The minimum atomic E-state index is -0.909. The van der Waals surface area contributed by atoms with E-state index in [4.69, 9.17) is 9.84 Å². The zero-order valence-corrected chi connectivity index (χ0v) is 18.5. The maximum Gasteiger partial charge on any atom is 0.408 e. The maximum absolute atomic E-state index is 13.1. The van der Waals surface area contributed by atoms with Gasteiger partial charge in [-0.15, -0.1) is 0 Å². The largest absolute Gasteiger partial charge is 0.481 e. The van der Waals surface area contributed by atoms with Crippen molar-refractivity contribution in [1.29, 1.82) is 0 Å². The average molecular weight is 449 g/mol. The fourth-order valence-electron chi connectivity index (χ4n) is 5.31. The molecule has 2 amide bonds. The van der Waals surface area contributed by atoms with Crippen LogP contribution in [0.3, 0.4) is 0 Å². The van der Waals surface area contributed by atoms with Crippen LogP contribution in [0.25, 0.3) is 11.1 Å². The van der Waals surface area contributed by atoms with Gasteiger partial charge in [0.25, 0.3) is 0 Å². The summed E-state index contributed by atoms with van der Waals surface area (Å²) in [4.78, 5) is 38.6. The van der Waals surface area contributed by atoms with Crippen molar-refractivity contribution in [3.8, 4) is 11.1 Å². The van der Waals surface area contributed by atoms with Crippen LogP contribution in [0.15, 0.2) is 48.5 Å². The van der Waals surface area contributed by atoms with Crippen LogP contribution in [-0.2, 0) is 14.3 Å². The highest BCUT2D eigenvalue weighted by Crippen LogP contribution is 2.44. The van der Waals surface area contributed by atoms with Crippen LogP contribution in [0, 0.1) is 5.92 Å². The Kier molecular flexibility index (Phi) is 5.56. The third-order valence-electron chi connectivity index (χ3n) is 7.11. The molecule has 0 radical (unpaired) electrons. The molecule has 0 spiro atoms. The summed E-state index contributed by atoms with van der Waals surface area (Å²) in [6.07, 6.45) is 2.23. The van der Waals surface area contributed by atoms with Crippen molar-refractivity contribution in [1.82, 2.24) is 10.2 Å². The number of fused-ring (bicyclic) bond motifs is 3. The van der Waals surface area contributed by atoms with E-state index < -0.39 is 17.6 Å². The number of alkyl carbamates (subject to hydrolysis) is 1. The van der Waals surface area contributed by atoms with E-state index in [0.717, 1.165) is 35.1 Å². The van der Waals surface area contributed by atoms with E-state index in [1.165, 1.54) is 0 Å². The predicted octanol–water partition coefficient (Wildman–Crippen LogP) is 3.77. The molecule has 2 aromatic carbocycles. The van der Waals surface area contributed by atoms with Gasteiger partial charge in [-0.2, -0.15) is 0 Å². The van der Waals surface area contributed by atoms with Gasteiger partial charge in [0.1, 0.15) is 12.1 Å². The van der Waals surface area contributed by atoms with Gasteiger partial charge < -0.3 is 20.1 Å². The molecule has 2 aliphatic carbocycles. The number of benzene rings is 2.